The van der Waals surface area contributed by atoms with Crippen LogP contribution in [-0.4, -0.2) is 17.0 Å². The third-order valence-corrected chi connectivity index (χ3v) is 3.73. The first-order chi connectivity index (χ1) is 9.73. The Morgan fingerprint density at radius 3 is 2.35 bits per heavy atom. The minimum absolute atomic E-state index is 0.0167. The number of hydrogen-bond acceptors (Lipinski definition) is 4. The van der Waals surface area contributed by atoms with Crippen LogP contribution in [0.5, 0.6) is 0 Å². The Bertz CT molecular complexity index is 600. The second-order valence-electron chi connectivity index (χ2n) is 5.10. The van der Waals surface area contributed by atoms with E-state index in [1.807, 2.05) is 13.1 Å². The summed E-state index contributed by atoms with van der Waals surface area (Å²) in [5, 5.41) is 6.45. The highest BCUT2D eigenvalue weighted by atomic mass is 15.2. The van der Waals surface area contributed by atoms with E-state index in [-0.39, 0.29) is 5.54 Å². The van der Waals surface area contributed by atoms with Gasteiger partial charge in [-0.1, -0.05) is 36.9 Å². The van der Waals surface area contributed by atoms with Crippen molar-refractivity contribution in [1.29, 1.82) is 0 Å². The van der Waals surface area contributed by atoms with Crippen molar-refractivity contribution in [2.24, 2.45) is 0 Å². The highest BCUT2D eigenvalue weighted by Crippen LogP contribution is 2.47. The molecule has 1 aromatic carbocycles. The van der Waals surface area contributed by atoms with Crippen LogP contribution in [0.15, 0.2) is 49.3 Å². The summed E-state index contributed by atoms with van der Waals surface area (Å²) >= 11 is 0. The summed E-state index contributed by atoms with van der Waals surface area (Å²) in [6, 6.07) is 10.5. The van der Waals surface area contributed by atoms with Crippen LogP contribution in [0.2, 0.25) is 0 Å². The van der Waals surface area contributed by atoms with Gasteiger partial charge in [0.1, 0.15) is 0 Å². The number of nitrogens with one attached hydrogen (secondary N) is 2. The molecular weight excluding hydrogens is 248 g/mol. The molecule has 102 valence electrons. The molecule has 2 N–H and O–H groups in total. The molecule has 0 radical (unpaired) electrons. The number of anilines is 1. The van der Waals surface area contributed by atoms with Crippen molar-refractivity contribution >= 4 is 11.6 Å². The van der Waals surface area contributed by atoms with Crippen molar-refractivity contribution < 1.29 is 0 Å². The van der Waals surface area contributed by atoms with Crippen LogP contribution in [0.25, 0.3) is 5.70 Å². The van der Waals surface area contributed by atoms with Gasteiger partial charge >= 0.3 is 0 Å². The Balaban J connectivity index is 1.77. The smallest absolute Gasteiger partial charge is 0.223 e. The topological polar surface area (TPSA) is 49.8 Å². The Labute approximate surface area is 119 Å². The van der Waals surface area contributed by atoms with Crippen molar-refractivity contribution in [3.63, 3.8) is 0 Å². The van der Waals surface area contributed by atoms with Gasteiger partial charge in [0.2, 0.25) is 5.95 Å². The molecule has 20 heavy (non-hydrogen) atoms. The summed E-state index contributed by atoms with van der Waals surface area (Å²) in [4.78, 5) is 8.75. The summed E-state index contributed by atoms with van der Waals surface area (Å²) in [7, 11) is 1.84. The molecule has 0 aliphatic heterocycles. The van der Waals surface area contributed by atoms with Gasteiger partial charge in [-0.2, -0.15) is 0 Å². The molecule has 1 aliphatic carbocycles. The molecule has 4 heteroatoms. The van der Waals surface area contributed by atoms with Gasteiger partial charge in [-0.3, -0.25) is 0 Å². The zero-order valence-corrected chi connectivity index (χ0v) is 11.6. The lowest BCUT2D eigenvalue weighted by molar-refractivity contribution is 0.789. The van der Waals surface area contributed by atoms with Crippen molar-refractivity contribution in [3.05, 3.63) is 60.4 Å². The summed E-state index contributed by atoms with van der Waals surface area (Å²) in [5.41, 5.74) is 3.04. The van der Waals surface area contributed by atoms with E-state index < -0.39 is 0 Å². The molecule has 1 heterocycles. The lowest BCUT2D eigenvalue weighted by Crippen LogP contribution is -2.20. The Morgan fingerprint density at radius 2 is 1.80 bits per heavy atom. The minimum Gasteiger partial charge on any atom is -0.388 e. The van der Waals surface area contributed by atoms with E-state index in [9.17, 15) is 0 Å². The van der Waals surface area contributed by atoms with Gasteiger partial charge in [-0.05, 0) is 18.4 Å². The van der Waals surface area contributed by atoms with E-state index in [1.165, 1.54) is 5.56 Å². The van der Waals surface area contributed by atoms with Crippen LogP contribution in [0.3, 0.4) is 0 Å². The van der Waals surface area contributed by atoms with Crippen LogP contribution in [0, 0.1) is 0 Å². The molecular formula is C16H18N4. The maximum atomic E-state index is 4.38. The highest BCUT2D eigenvalue weighted by molar-refractivity contribution is 5.60. The van der Waals surface area contributed by atoms with Crippen molar-refractivity contribution in [1.82, 2.24) is 15.3 Å². The van der Waals surface area contributed by atoms with Crippen LogP contribution in [0.1, 0.15) is 24.0 Å². The van der Waals surface area contributed by atoms with Crippen LogP contribution in [-0.2, 0) is 5.54 Å². The monoisotopic (exact) mass is 266 g/mol. The number of rotatable bonds is 5. The predicted octanol–water partition coefficient (Wildman–Crippen LogP) is 2.77. The van der Waals surface area contributed by atoms with Gasteiger partial charge in [0.25, 0.3) is 0 Å². The molecule has 2 aromatic rings. The third-order valence-electron chi connectivity index (χ3n) is 3.73. The first-order valence-electron chi connectivity index (χ1n) is 6.76. The molecule has 4 nitrogen and oxygen atoms in total. The Morgan fingerprint density at radius 1 is 1.15 bits per heavy atom. The molecule has 1 aliphatic rings. The van der Waals surface area contributed by atoms with E-state index in [2.05, 4.69) is 51.4 Å². The lowest BCUT2D eigenvalue weighted by atomic mass is 10.1. The van der Waals surface area contributed by atoms with E-state index in [4.69, 9.17) is 0 Å². The average Bonchev–Trinajstić information content (AvgIpc) is 3.29. The van der Waals surface area contributed by atoms with E-state index in [1.54, 1.807) is 12.4 Å². The normalized spacial score (nSPS) is 15.4. The summed E-state index contributed by atoms with van der Waals surface area (Å²) in [5.74, 6) is 0.666. The number of nitrogens with zero attached hydrogens (tertiary/aromatic N) is 2. The van der Waals surface area contributed by atoms with Crippen molar-refractivity contribution in [3.8, 4) is 0 Å². The van der Waals surface area contributed by atoms with Gasteiger partial charge in [0.15, 0.2) is 0 Å². The van der Waals surface area contributed by atoms with E-state index in [0.717, 1.165) is 24.1 Å². The second kappa shape index (κ2) is 4.96. The SMILES string of the molecule is C=C(NC)c1cnc(NC2(c3ccccc3)CC2)nc1. The summed E-state index contributed by atoms with van der Waals surface area (Å²) in [6.45, 7) is 3.90. The Hall–Kier alpha value is -2.36. The molecule has 0 spiro atoms. The summed E-state index contributed by atoms with van der Waals surface area (Å²) in [6.07, 6.45) is 5.81. The number of aromatic nitrogens is 2. The quantitative estimate of drug-likeness (QED) is 0.873. The lowest BCUT2D eigenvalue weighted by Gasteiger charge is -2.18. The maximum absolute atomic E-state index is 4.38. The molecule has 1 aromatic heterocycles. The molecule has 0 unspecified atom stereocenters. The first kappa shape index (κ1) is 12.7. The van der Waals surface area contributed by atoms with Crippen LogP contribution >= 0.6 is 0 Å². The minimum atomic E-state index is 0.0167. The zero-order chi connectivity index (χ0) is 14.0. The standard InChI is InChI=1S/C16H18N4/c1-12(17-2)13-10-18-15(19-11-13)20-16(8-9-16)14-6-4-3-5-7-14/h3-7,10-11,17H,1,8-9H2,2H3,(H,18,19,20). The second-order valence-corrected chi connectivity index (χ2v) is 5.10. The van der Waals surface area contributed by atoms with Gasteiger partial charge in [-0.15, -0.1) is 0 Å². The molecule has 0 atom stereocenters. The molecule has 0 saturated heterocycles. The molecule has 3 rings (SSSR count). The zero-order valence-electron chi connectivity index (χ0n) is 11.6. The summed E-state index contributed by atoms with van der Waals surface area (Å²) < 4.78 is 0. The van der Waals surface area contributed by atoms with Crippen molar-refractivity contribution in [2.75, 3.05) is 12.4 Å². The van der Waals surface area contributed by atoms with Gasteiger partial charge < -0.3 is 10.6 Å². The Kier molecular flexibility index (Phi) is 3.14. The molecule has 1 fully saturated rings. The predicted molar refractivity (Wildman–Crippen MR) is 81.1 cm³/mol. The van der Waals surface area contributed by atoms with Gasteiger partial charge in [-0.25, -0.2) is 9.97 Å². The van der Waals surface area contributed by atoms with Gasteiger partial charge in [0, 0.05) is 30.7 Å². The largest absolute Gasteiger partial charge is 0.388 e. The first-order valence-corrected chi connectivity index (χ1v) is 6.76. The van der Waals surface area contributed by atoms with E-state index in [0.29, 0.717) is 5.95 Å². The average molecular weight is 266 g/mol. The molecule has 0 bridgehead atoms. The van der Waals surface area contributed by atoms with Crippen LogP contribution < -0.4 is 10.6 Å². The third kappa shape index (κ3) is 2.37. The fourth-order valence-corrected chi connectivity index (χ4v) is 2.27. The fourth-order valence-electron chi connectivity index (χ4n) is 2.27. The number of benzene rings is 1. The van der Waals surface area contributed by atoms with E-state index >= 15 is 0 Å². The molecule has 0 amide bonds. The fraction of sp³-hybridized carbons (Fsp3) is 0.250. The maximum Gasteiger partial charge on any atom is 0.223 e. The van der Waals surface area contributed by atoms with Gasteiger partial charge in [0.05, 0.1) is 5.54 Å². The number of hydrogen-bond donors (Lipinski definition) is 2. The van der Waals surface area contributed by atoms with Crippen molar-refractivity contribution in [2.45, 2.75) is 18.4 Å². The van der Waals surface area contributed by atoms with Crippen LogP contribution in [0.4, 0.5) is 5.95 Å². The molecule has 1 saturated carbocycles. The highest BCUT2D eigenvalue weighted by Gasteiger charge is 2.44.